The minimum atomic E-state index is -0.751. The average Bonchev–Trinajstić information content (AvgIpc) is 2.85. The topological polar surface area (TPSA) is 102 Å². The summed E-state index contributed by atoms with van der Waals surface area (Å²) in [6.45, 7) is 0.813. The highest BCUT2D eigenvalue weighted by Gasteiger charge is 2.32. The van der Waals surface area contributed by atoms with Gasteiger partial charge in [-0.2, -0.15) is 0 Å². The van der Waals surface area contributed by atoms with Crippen molar-refractivity contribution in [2.75, 3.05) is 25.1 Å². The molecule has 0 spiro atoms. The van der Waals surface area contributed by atoms with E-state index in [2.05, 4.69) is 5.32 Å². The minimum Gasteiger partial charge on any atom is -0.377 e. The van der Waals surface area contributed by atoms with E-state index in [0.717, 1.165) is 11.3 Å². The molecule has 1 unspecified atom stereocenters. The molecule has 7 heteroatoms. The molecule has 3 rings (SSSR count). The Labute approximate surface area is 121 Å². The van der Waals surface area contributed by atoms with E-state index < -0.39 is 11.9 Å². The van der Waals surface area contributed by atoms with Crippen LogP contribution in [0.15, 0.2) is 18.2 Å². The number of carbonyl (C=O) groups is 3. The van der Waals surface area contributed by atoms with E-state index in [-0.39, 0.29) is 24.8 Å². The summed E-state index contributed by atoms with van der Waals surface area (Å²) in [5, 5.41) is 2.71. The van der Waals surface area contributed by atoms with Crippen LogP contribution in [0.5, 0.6) is 0 Å². The van der Waals surface area contributed by atoms with Crippen LogP contribution in [0.1, 0.15) is 15.9 Å². The van der Waals surface area contributed by atoms with Gasteiger partial charge in [-0.3, -0.25) is 14.4 Å². The van der Waals surface area contributed by atoms with Crippen LogP contribution in [0, 0.1) is 0 Å². The first-order valence-electron chi connectivity index (χ1n) is 6.67. The van der Waals surface area contributed by atoms with E-state index in [1.54, 1.807) is 18.2 Å². The number of nitrogens with zero attached hydrogens (tertiary/aromatic N) is 1. The third kappa shape index (κ3) is 2.47. The summed E-state index contributed by atoms with van der Waals surface area (Å²) in [6.07, 6.45) is 0.263. The molecule has 1 atom stereocenters. The summed E-state index contributed by atoms with van der Waals surface area (Å²) < 4.78 is 5.20. The van der Waals surface area contributed by atoms with Gasteiger partial charge in [0.15, 0.2) is 0 Å². The number of anilines is 1. The Morgan fingerprint density at radius 3 is 2.95 bits per heavy atom. The quantitative estimate of drug-likeness (QED) is 0.766. The number of amides is 3. The zero-order chi connectivity index (χ0) is 15.0. The summed E-state index contributed by atoms with van der Waals surface area (Å²) in [4.78, 5) is 36.7. The van der Waals surface area contributed by atoms with Crippen molar-refractivity contribution in [2.24, 2.45) is 5.73 Å². The molecular weight excluding hydrogens is 274 g/mol. The Balaban J connectivity index is 1.86. The zero-order valence-corrected chi connectivity index (χ0v) is 11.3. The number of fused-ring (bicyclic) bond motifs is 1. The summed E-state index contributed by atoms with van der Waals surface area (Å²) in [6, 6.07) is 4.27. The number of nitrogens with one attached hydrogen (secondary N) is 1. The Kier molecular flexibility index (Phi) is 3.34. The van der Waals surface area contributed by atoms with Gasteiger partial charge in [-0.05, 0) is 23.8 Å². The molecule has 7 nitrogen and oxygen atoms in total. The van der Waals surface area contributed by atoms with E-state index >= 15 is 0 Å². The molecular formula is C14H15N3O4. The van der Waals surface area contributed by atoms with Crippen molar-refractivity contribution in [3.63, 3.8) is 0 Å². The third-order valence-corrected chi connectivity index (χ3v) is 3.70. The molecule has 1 fully saturated rings. The smallest absolute Gasteiger partial charge is 0.254 e. The molecule has 0 aromatic heterocycles. The molecule has 21 heavy (non-hydrogen) atoms. The predicted molar refractivity (Wildman–Crippen MR) is 73.6 cm³/mol. The zero-order valence-electron chi connectivity index (χ0n) is 11.3. The van der Waals surface area contributed by atoms with Gasteiger partial charge in [0.1, 0.15) is 6.04 Å². The highest BCUT2D eigenvalue weighted by Crippen LogP contribution is 2.25. The lowest BCUT2D eigenvalue weighted by atomic mass is 10.1. The lowest BCUT2D eigenvalue weighted by Gasteiger charge is -2.33. The molecule has 3 N–H and O–H groups in total. The molecule has 2 aliphatic heterocycles. The fourth-order valence-corrected chi connectivity index (χ4v) is 2.61. The van der Waals surface area contributed by atoms with Gasteiger partial charge < -0.3 is 20.7 Å². The average molecular weight is 289 g/mol. The summed E-state index contributed by atoms with van der Waals surface area (Å²) in [5.74, 6) is -0.943. The predicted octanol–water partition coefficient (Wildman–Crippen LogP) is -0.492. The van der Waals surface area contributed by atoms with Gasteiger partial charge in [0, 0.05) is 17.8 Å². The summed E-state index contributed by atoms with van der Waals surface area (Å²) in [7, 11) is 0. The first kappa shape index (κ1) is 13.6. The molecule has 0 bridgehead atoms. The maximum Gasteiger partial charge on any atom is 0.254 e. The molecule has 0 aliphatic carbocycles. The van der Waals surface area contributed by atoms with E-state index in [4.69, 9.17) is 10.5 Å². The molecule has 1 aromatic carbocycles. The number of rotatable bonds is 2. The van der Waals surface area contributed by atoms with Crippen LogP contribution in [-0.4, -0.2) is 48.4 Å². The van der Waals surface area contributed by atoms with Gasteiger partial charge in [-0.15, -0.1) is 0 Å². The van der Waals surface area contributed by atoms with E-state index in [1.165, 1.54) is 4.90 Å². The fraction of sp³-hybridized carbons (Fsp3) is 0.357. The molecule has 2 heterocycles. The third-order valence-electron chi connectivity index (χ3n) is 3.70. The maximum absolute atomic E-state index is 12.6. The number of hydrogen-bond acceptors (Lipinski definition) is 4. The number of primary amides is 1. The highest BCUT2D eigenvalue weighted by molar-refractivity contribution is 6.02. The number of benzene rings is 1. The van der Waals surface area contributed by atoms with Gasteiger partial charge >= 0.3 is 0 Å². The van der Waals surface area contributed by atoms with Crippen LogP contribution in [0.4, 0.5) is 5.69 Å². The Morgan fingerprint density at radius 1 is 1.38 bits per heavy atom. The second kappa shape index (κ2) is 5.17. The molecule has 1 aromatic rings. The molecule has 2 aliphatic rings. The summed E-state index contributed by atoms with van der Waals surface area (Å²) in [5.41, 5.74) is 7.27. The van der Waals surface area contributed by atoms with Gasteiger partial charge in [0.05, 0.1) is 19.6 Å². The van der Waals surface area contributed by atoms with Crippen LogP contribution in [0.2, 0.25) is 0 Å². The van der Waals surface area contributed by atoms with E-state index in [1.807, 2.05) is 0 Å². The first-order chi connectivity index (χ1) is 10.1. The lowest BCUT2D eigenvalue weighted by molar-refractivity contribution is -0.127. The Bertz CT molecular complexity index is 629. The standard InChI is InChI=1S/C14H15N3O4/c15-13(19)11-7-21-4-3-17(11)14(20)8-1-2-10-9(5-8)6-12(18)16-10/h1-2,5,11H,3-4,6-7H2,(H2,15,19)(H,16,18). The SMILES string of the molecule is NC(=O)C1COCCN1C(=O)c1ccc2c(c1)CC(=O)N2. The molecule has 0 radical (unpaired) electrons. The number of carbonyl (C=O) groups excluding carboxylic acids is 3. The second-order valence-electron chi connectivity index (χ2n) is 5.09. The second-order valence-corrected chi connectivity index (χ2v) is 5.09. The maximum atomic E-state index is 12.6. The monoisotopic (exact) mass is 289 g/mol. The van der Waals surface area contributed by atoms with Crippen molar-refractivity contribution in [1.29, 1.82) is 0 Å². The minimum absolute atomic E-state index is 0.0871. The first-order valence-corrected chi connectivity index (χ1v) is 6.67. The molecule has 3 amide bonds. The fourth-order valence-electron chi connectivity index (χ4n) is 2.61. The highest BCUT2D eigenvalue weighted by atomic mass is 16.5. The van der Waals surface area contributed by atoms with Crippen molar-refractivity contribution < 1.29 is 19.1 Å². The van der Waals surface area contributed by atoms with Gasteiger partial charge in [-0.1, -0.05) is 0 Å². The van der Waals surface area contributed by atoms with Crippen molar-refractivity contribution in [3.05, 3.63) is 29.3 Å². The summed E-state index contributed by atoms with van der Waals surface area (Å²) >= 11 is 0. The van der Waals surface area contributed by atoms with Crippen LogP contribution in [-0.2, 0) is 20.7 Å². The van der Waals surface area contributed by atoms with Crippen molar-refractivity contribution in [2.45, 2.75) is 12.5 Å². The Hall–Kier alpha value is -2.41. The van der Waals surface area contributed by atoms with Crippen molar-refractivity contribution >= 4 is 23.4 Å². The van der Waals surface area contributed by atoms with E-state index in [0.29, 0.717) is 18.7 Å². The Morgan fingerprint density at radius 2 is 2.19 bits per heavy atom. The molecule has 110 valence electrons. The van der Waals surface area contributed by atoms with Crippen molar-refractivity contribution in [3.8, 4) is 0 Å². The van der Waals surface area contributed by atoms with Crippen molar-refractivity contribution in [1.82, 2.24) is 4.90 Å². The largest absolute Gasteiger partial charge is 0.377 e. The number of nitrogens with two attached hydrogens (primary N) is 1. The number of ether oxygens (including phenoxy) is 1. The number of hydrogen-bond donors (Lipinski definition) is 2. The van der Waals surface area contributed by atoms with Crippen LogP contribution >= 0.6 is 0 Å². The van der Waals surface area contributed by atoms with Gasteiger partial charge in [0.2, 0.25) is 11.8 Å². The normalized spacial score (nSPS) is 20.9. The number of morpholine rings is 1. The van der Waals surface area contributed by atoms with E-state index in [9.17, 15) is 14.4 Å². The van der Waals surface area contributed by atoms with Gasteiger partial charge in [-0.25, -0.2) is 0 Å². The van der Waals surface area contributed by atoms with Crippen LogP contribution in [0.3, 0.4) is 0 Å². The lowest BCUT2D eigenvalue weighted by Crippen LogP contribution is -2.54. The van der Waals surface area contributed by atoms with Crippen LogP contribution in [0.25, 0.3) is 0 Å². The molecule has 0 saturated carbocycles. The molecule has 1 saturated heterocycles. The van der Waals surface area contributed by atoms with Crippen LogP contribution < -0.4 is 11.1 Å². The van der Waals surface area contributed by atoms with Gasteiger partial charge in [0.25, 0.3) is 5.91 Å².